The molecule has 0 bridgehead atoms. The van der Waals surface area contributed by atoms with Crippen LogP contribution in [0.25, 0.3) is 0 Å². The minimum absolute atomic E-state index is 0.170. The van der Waals surface area contributed by atoms with Gasteiger partial charge in [0, 0.05) is 5.92 Å². The minimum atomic E-state index is 0.170. The van der Waals surface area contributed by atoms with Gasteiger partial charge >= 0.3 is 0 Å². The maximum absolute atomic E-state index is 9.42. The number of phenolic OH excluding ortho intramolecular Hbond substituents is 1. The molecule has 0 radical (unpaired) electrons. The number of aryl methyl sites for hydroxylation is 1. The van der Waals surface area contributed by atoms with Gasteiger partial charge in [0.05, 0.1) is 4.99 Å². The Labute approximate surface area is 96.1 Å². The van der Waals surface area contributed by atoms with Crippen LogP contribution < -0.4 is 5.73 Å². The third-order valence-electron chi connectivity index (χ3n) is 2.95. The summed E-state index contributed by atoms with van der Waals surface area (Å²) < 4.78 is 0. The second-order valence-electron chi connectivity index (χ2n) is 4.03. The van der Waals surface area contributed by atoms with E-state index in [0.717, 1.165) is 11.1 Å². The van der Waals surface area contributed by atoms with E-state index in [1.807, 2.05) is 26.0 Å². The van der Waals surface area contributed by atoms with E-state index in [-0.39, 0.29) is 11.8 Å². The Bertz CT molecular complexity index is 376. The molecule has 1 aromatic carbocycles. The molecule has 0 aliphatic heterocycles. The zero-order chi connectivity index (χ0) is 11.6. The Morgan fingerprint density at radius 2 is 2.00 bits per heavy atom. The molecule has 0 aliphatic rings. The van der Waals surface area contributed by atoms with Crippen molar-refractivity contribution < 1.29 is 5.11 Å². The quantitative estimate of drug-likeness (QED) is 0.774. The molecule has 1 aromatic rings. The van der Waals surface area contributed by atoms with Crippen molar-refractivity contribution in [2.24, 2.45) is 11.7 Å². The Morgan fingerprint density at radius 1 is 1.40 bits per heavy atom. The second kappa shape index (κ2) is 4.62. The van der Waals surface area contributed by atoms with E-state index in [4.69, 9.17) is 18.0 Å². The van der Waals surface area contributed by atoms with Gasteiger partial charge in [-0.05, 0) is 30.0 Å². The fourth-order valence-corrected chi connectivity index (χ4v) is 1.70. The lowest BCUT2D eigenvalue weighted by molar-refractivity contribution is 0.470. The van der Waals surface area contributed by atoms with Crippen molar-refractivity contribution in [2.45, 2.75) is 26.7 Å². The summed E-state index contributed by atoms with van der Waals surface area (Å²) in [5, 5.41) is 9.42. The van der Waals surface area contributed by atoms with Gasteiger partial charge in [0.25, 0.3) is 0 Å². The molecule has 2 nitrogen and oxygen atoms in total. The predicted molar refractivity (Wildman–Crippen MR) is 67.2 cm³/mol. The summed E-state index contributed by atoms with van der Waals surface area (Å²) in [7, 11) is 0. The molecule has 82 valence electrons. The Hall–Kier alpha value is -1.09. The number of thiocarbonyl (C=S) groups is 1. The fraction of sp³-hybridized carbons (Fsp3) is 0.417. The topological polar surface area (TPSA) is 46.2 Å². The molecule has 15 heavy (non-hydrogen) atoms. The molecule has 0 fully saturated rings. The van der Waals surface area contributed by atoms with E-state index >= 15 is 0 Å². The van der Waals surface area contributed by atoms with E-state index < -0.39 is 0 Å². The van der Waals surface area contributed by atoms with Crippen molar-refractivity contribution in [3.63, 3.8) is 0 Å². The summed E-state index contributed by atoms with van der Waals surface area (Å²) in [5.74, 6) is 0.777. The van der Waals surface area contributed by atoms with Crippen LogP contribution in [0.1, 0.15) is 30.9 Å². The molecule has 0 saturated carbocycles. The highest BCUT2D eigenvalue weighted by Gasteiger charge is 2.17. The first-order valence-corrected chi connectivity index (χ1v) is 5.43. The van der Waals surface area contributed by atoms with Crippen molar-refractivity contribution in [3.8, 4) is 5.75 Å². The molecule has 0 saturated heterocycles. The molecule has 0 aliphatic carbocycles. The highest BCUT2D eigenvalue weighted by molar-refractivity contribution is 7.80. The first kappa shape index (κ1) is 12.0. The normalized spacial score (nSPS) is 14.6. The van der Waals surface area contributed by atoms with Crippen molar-refractivity contribution in [2.75, 3.05) is 0 Å². The van der Waals surface area contributed by atoms with Gasteiger partial charge in [-0.3, -0.25) is 0 Å². The maximum atomic E-state index is 9.42. The molecule has 0 amide bonds. The Kier molecular flexibility index (Phi) is 3.69. The number of benzene rings is 1. The van der Waals surface area contributed by atoms with Gasteiger partial charge in [-0.1, -0.05) is 38.2 Å². The standard InChI is InChI=1S/C12H17NOS/c1-7-6-10(4-5-11(7)14)8(2)9(3)12(13)15/h4-6,8-9,14H,1-3H3,(H2,13,15). The highest BCUT2D eigenvalue weighted by atomic mass is 32.1. The van der Waals surface area contributed by atoms with Crippen LogP contribution >= 0.6 is 12.2 Å². The smallest absolute Gasteiger partial charge is 0.118 e. The van der Waals surface area contributed by atoms with Crippen LogP contribution in [0.2, 0.25) is 0 Å². The van der Waals surface area contributed by atoms with Crippen LogP contribution in [0.4, 0.5) is 0 Å². The van der Waals surface area contributed by atoms with E-state index in [2.05, 4.69) is 6.92 Å². The third kappa shape index (κ3) is 2.69. The summed E-state index contributed by atoms with van der Waals surface area (Å²) in [6.45, 7) is 6.00. The summed E-state index contributed by atoms with van der Waals surface area (Å²) >= 11 is 4.98. The van der Waals surface area contributed by atoms with Crippen LogP contribution in [0.3, 0.4) is 0 Å². The SMILES string of the molecule is Cc1cc(C(C)C(C)C(N)=S)ccc1O. The lowest BCUT2D eigenvalue weighted by Gasteiger charge is -2.19. The van der Waals surface area contributed by atoms with Gasteiger partial charge in [0.2, 0.25) is 0 Å². The summed E-state index contributed by atoms with van der Waals surface area (Å²) in [6, 6.07) is 5.62. The molecule has 0 spiro atoms. The number of hydrogen-bond acceptors (Lipinski definition) is 2. The molecular weight excluding hydrogens is 206 g/mol. The number of aromatic hydroxyl groups is 1. The number of phenols is 1. The lowest BCUT2D eigenvalue weighted by Crippen LogP contribution is -2.23. The maximum Gasteiger partial charge on any atom is 0.118 e. The van der Waals surface area contributed by atoms with Crippen molar-refractivity contribution >= 4 is 17.2 Å². The van der Waals surface area contributed by atoms with Crippen LogP contribution in [0.5, 0.6) is 5.75 Å². The number of nitrogens with two attached hydrogens (primary N) is 1. The summed E-state index contributed by atoms with van der Waals surface area (Å²) in [5.41, 5.74) is 7.67. The zero-order valence-electron chi connectivity index (χ0n) is 9.32. The largest absolute Gasteiger partial charge is 0.508 e. The first-order valence-electron chi connectivity index (χ1n) is 5.02. The van der Waals surface area contributed by atoms with E-state index in [9.17, 15) is 5.11 Å². The molecule has 2 unspecified atom stereocenters. The monoisotopic (exact) mass is 223 g/mol. The average molecular weight is 223 g/mol. The van der Waals surface area contributed by atoms with E-state index in [0.29, 0.717) is 10.7 Å². The summed E-state index contributed by atoms with van der Waals surface area (Å²) in [6.07, 6.45) is 0. The minimum Gasteiger partial charge on any atom is -0.508 e. The van der Waals surface area contributed by atoms with Gasteiger partial charge < -0.3 is 10.8 Å². The highest BCUT2D eigenvalue weighted by Crippen LogP contribution is 2.27. The molecule has 0 heterocycles. The van der Waals surface area contributed by atoms with Crippen LogP contribution in [-0.2, 0) is 0 Å². The van der Waals surface area contributed by atoms with Crippen LogP contribution in [0.15, 0.2) is 18.2 Å². The van der Waals surface area contributed by atoms with Crippen molar-refractivity contribution in [1.82, 2.24) is 0 Å². The molecule has 0 aromatic heterocycles. The number of rotatable bonds is 3. The van der Waals surface area contributed by atoms with Gasteiger partial charge in [-0.25, -0.2) is 0 Å². The van der Waals surface area contributed by atoms with Crippen molar-refractivity contribution in [3.05, 3.63) is 29.3 Å². The molecule has 3 heteroatoms. The zero-order valence-corrected chi connectivity index (χ0v) is 10.1. The molecule has 1 rings (SSSR count). The third-order valence-corrected chi connectivity index (χ3v) is 3.32. The van der Waals surface area contributed by atoms with Gasteiger partial charge in [-0.2, -0.15) is 0 Å². The molecular formula is C12H17NOS. The average Bonchev–Trinajstić information content (AvgIpc) is 2.19. The lowest BCUT2D eigenvalue weighted by atomic mass is 9.88. The van der Waals surface area contributed by atoms with Gasteiger partial charge in [0.15, 0.2) is 0 Å². The van der Waals surface area contributed by atoms with E-state index in [1.54, 1.807) is 6.07 Å². The first-order chi connectivity index (χ1) is 6.93. The molecule has 3 N–H and O–H groups in total. The Morgan fingerprint density at radius 3 is 2.47 bits per heavy atom. The predicted octanol–water partition coefficient (Wildman–Crippen LogP) is 2.73. The van der Waals surface area contributed by atoms with Crippen molar-refractivity contribution in [1.29, 1.82) is 0 Å². The van der Waals surface area contributed by atoms with Crippen LogP contribution in [-0.4, -0.2) is 10.1 Å². The van der Waals surface area contributed by atoms with Gasteiger partial charge in [0.1, 0.15) is 5.75 Å². The summed E-state index contributed by atoms with van der Waals surface area (Å²) in [4.78, 5) is 0.535. The second-order valence-corrected chi connectivity index (χ2v) is 4.50. The van der Waals surface area contributed by atoms with Gasteiger partial charge in [-0.15, -0.1) is 0 Å². The Balaban J connectivity index is 2.96. The molecule has 2 atom stereocenters. The fourth-order valence-electron chi connectivity index (χ4n) is 1.50. The van der Waals surface area contributed by atoms with E-state index in [1.165, 1.54) is 0 Å². The van der Waals surface area contributed by atoms with Crippen LogP contribution in [0, 0.1) is 12.8 Å². The number of hydrogen-bond donors (Lipinski definition) is 2.